The van der Waals surface area contributed by atoms with Crippen LogP contribution < -0.4 is 5.32 Å². The number of aliphatic hydroxyl groups excluding tert-OH is 1. The zero-order valence-corrected chi connectivity index (χ0v) is 8.06. The molecule has 0 aliphatic rings. The van der Waals surface area contributed by atoms with Crippen molar-refractivity contribution in [1.29, 1.82) is 0 Å². The van der Waals surface area contributed by atoms with Gasteiger partial charge in [0.1, 0.15) is 0 Å². The van der Waals surface area contributed by atoms with Crippen LogP contribution >= 0.6 is 0 Å². The fourth-order valence-corrected chi connectivity index (χ4v) is 0.911. The second-order valence-electron chi connectivity index (χ2n) is 2.82. The van der Waals surface area contributed by atoms with Gasteiger partial charge in [-0.05, 0) is 26.3 Å². The van der Waals surface area contributed by atoms with Crippen molar-refractivity contribution >= 4 is 0 Å². The minimum atomic E-state index is -0.239. The maximum Gasteiger partial charge on any atom is 0.0673 e. The average Bonchev–Trinajstić information content (AvgIpc) is 2.06. The molecule has 0 radical (unpaired) electrons. The largest absolute Gasteiger partial charge is 0.392 e. The van der Waals surface area contributed by atoms with Crippen LogP contribution in [0.15, 0.2) is 0 Å². The van der Waals surface area contributed by atoms with Gasteiger partial charge in [0.05, 0.1) is 6.10 Å². The summed E-state index contributed by atoms with van der Waals surface area (Å²) in [5.41, 5.74) is 0. The van der Waals surface area contributed by atoms with Crippen molar-refractivity contribution in [2.75, 3.05) is 13.1 Å². The highest BCUT2D eigenvalue weighted by Gasteiger charge is 2.00. The van der Waals surface area contributed by atoms with E-state index in [1.54, 1.807) is 0 Å². The Labute approximate surface area is 75.4 Å². The van der Waals surface area contributed by atoms with Crippen molar-refractivity contribution in [2.24, 2.45) is 0 Å². The minimum Gasteiger partial charge on any atom is -0.392 e. The van der Waals surface area contributed by atoms with Crippen LogP contribution in [-0.2, 0) is 0 Å². The van der Waals surface area contributed by atoms with Crippen molar-refractivity contribution in [2.45, 2.75) is 39.2 Å². The van der Waals surface area contributed by atoms with E-state index in [0.29, 0.717) is 6.54 Å². The Kier molecular flexibility index (Phi) is 8.20. The third-order valence-corrected chi connectivity index (χ3v) is 1.59. The first kappa shape index (κ1) is 11.5. The van der Waals surface area contributed by atoms with Crippen LogP contribution in [0.25, 0.3) is 0 Å². The quantitative estimate of drug-likeness (QED) is 0.462. The van der Waals surface area contributed by atoms with E-state index in [9.17, 15) is 5.11 Å². The summed E-state index contributed by atoms with van der Waals surface area (Å²) in [5, 5.41) is 12.5. The summed E-state index contributed by atoms with van der Waals surface area (Å²) in [7, 11) is 0. The monoisotopic (exact) mass is 169 g/mol. The van der Waals surface area contributed by atoms with E-state index in [0.717, 1.165) is 25.8 Å². The molecule has 0 aromatic heterocycles. The molecular weight excluding hydrogens is 150 g/mol. The predicted octanol–water partition coefficient (Wildman–Crippen LogP) is 1.15. The third kappa shape index (κ3) is 7.59. The Balaban J connectivity index is 3.19. The van der Waals surface area contributed by atoms with E-state index in [1.807, 2.05) is 6.92 Å². The molecule has 0 amide bonds. The molecule has 0 heterocycles. The van der Waals surface area contributed by atoms with Crippen LogP contribution in [0, 0.1) is 11.8 Å². The summed E-state index contributed by atoms with van der Waals surface area (Å²) in [6.07, 6.45) is 2.45. The van der Waals surface area contributed by atoms with Crippen LogP contribution in [0.5, 0.6) is 0 Å². The highest BCUT2D eigenvalue weighted by atomic mass is 16.3. The van der Waals surface area contributed by atoms with Gasteiger partial charge in [0.25, 0.3) is 0 Å². The lowest BCUT2D eigenvalue weighted by atomic mass is 10.2. The van der Waals surface area contributed by atoms with Crippen molar-refractivity contribution in [1.82, 2.24) is 5.32 Å². The van der Waals surface area contributed by atoms with Gasteiger partial charge in [0.2, 0.25) is 0 Å². The molecule has 0 bridgehead atoms. The molecular formula is C10H19NO. The van der Waals surface area contributed by atoms with Crippen LogP contribution in [0.1, 0.15) is 33.1 Å². The zero-order chi connectivity index (χ0) is 9.23. The lowest BCUT2D eigenvalue weighted by Crippen LogP contribution is -2.27. The minimum absolute atomic E-state index is 0.239. The summed E-state index contributed by atoms with van der Waals surface area (Å²) >= 11 is 0. The molecule has 0 spiro atoms. The molecule has 1 unspecified atom stereocenters. The van der Waals surface area contributed by atoms with Gasteiger partial charge in [-0.3, -0.25) is 0 Å². The Hall–Kier alpha value is -0.520. The van der Waals surface area contributed by atoms with Gasteiger partial charge >= 0.3 is 0 Å². The first-order valence-electron chi connectivity index (χ1n) is 4.59. The number of aliphatic hydroxyl groups is 1. The van der Waals surface area contributed by atoms with Crippen molar-refractivity contribution in [3.8, 4) is 11.8 Å². The number of hydrogen-bond donors (Lipinski definition) is 2. The summed E-state index contributed by atoms with van der Waals surface area (Å²) < 4.78 is 0. The standard InChI is InChI=1S/C10H19NO/c1-3-5-6-7-10(12)9-11-8-4-2/h10-12H,4,6-9H2,1-2H3. The Morgan fingerprint density at radius 2 is 2.25 bits per heavy atom. The van der Waals surface area contributed by atoms with E-state index >= 15 is 0 Å². The molecule has 0 aromatic carbocycles. The van der Waals surface area contributed by atoms with Gasteiger partial charge < -0.3 is 10.4 Å². The Morgan fingerprint density at radius 1 is 1.50 bits per heavy atom. The van der Waals surface area contributed by atoms with Crippen molar-refractivity contribution in [3.05, 3.63) is 0 Å². The molecule has 0 aliphatic heterocycles. The molecule has 70 valence electrons. The smallest absolute Gasteiger partial charge is 0.0673 e. The molecule has 0 saturated heterocycles. The Morgan fingerprint density at radius 3 is 2.83 bits per heavy atom. The molecule has 0 aromatic rings. The van der Waals surface area contributed by atoms with Crippen LogP contribution in [0.4, 0.5) is 0 Å². The van der Waals surface area contributed by atoms with Gasteiger partial charge in [0.15, 0.2) is 0 Å². The maximum atomic E-state index is 9.37. The van der Waals surface area contributed by atoms with Gasteiger partial charge in [-0.15, -0.1) is 11.8 Å². The molecule has 0 saturated carbocycles. The van der Waals surface area contributed by atoms with Crippen LogP contribution in [0.2, 0.25) is 0 Å². The number of nitrogens with one attached hydrogen (secondary N) is 1. The fraction of sp³-hybridized carbons (Fsp3) is 0.800. The fourth-order valence-electron chi connectivity index (χ4n) is 0.911. The first-order valence-corrected chi connectivity index (χ1v) is 4.59. The van der Waals surface area contributed by atoms with Gasteiger partial charge in [-0.2, -0.15) is 0 Å². The topological polar surface area (TPSA) is 32.3 Å². The summed E-state index contributed by atoms with van der Waals surface area (Å²) in [6, 6.07) is 0. The van der Waals surface area contributed by atoms with E-state index in [1.165, 1.54) is 0 Å². The molecule has 0 aliphatic carbocycles. The predicted molar refractivity (Wildman–Crippen MR) is 51.9 cm³/mol. The third-order valence-electron chi connectivity index (χ3n) is 1.59. The highest BCUT2D eigenvalue weighted by molar-refractivity contribution is 4.95. The normalized spacial score (nSPS) is 11.9. The molecule has 12 heavy (non-hydrogen) atoms. The molecule has 2 N–H and O–H groups in total. The van der Waals surface area contributed by atoms with E-state index in [-0.39, 0.29) is 6.10 Å². The van der Waals surface area contributed by atoms with Gasteiger partial charge in [-0.25, -0.2) is 0 Å². The SMILES string of the molecule is CC#CCCC(O)CNCCC. The van der Waals surface area contributed by atoms with E-state index in [4.69, 9.17) is 0 Å². The Bertz CT molecular complexity index is 146. The number of hydrogen-bond acceptors (Lipinski definition) is 2. The van der Waals surface area contributed by atoms with Crippen LogP contribution in [0.3, 0.4) is 0 Å². The lowest BCUT2D eigenvalue weighted by Gasteiger charge is -2.08. The highest BCUT2D eigenvalue weighted by Crippen LogP contribution is 1.93. The second kappa shape index (κ2) is 8.58. The number of rotatable bonds is 6. The molecule has 1 atom stereocenters. The molecule has 2 heteroatoms. The van der Waals surface area contributed by atoms with Crippen molar-refractivity contribution in [3.63, 3.8) is 0 Å². The van der Waals surface area contributed by atoms with Crippen LogP contribution in [-0.4, -0.2) is 24.3 Å². The summed E-state index contributed by atoms with van der Waals surface area (Å²) in [4.78, 5) is 0. The molecule has 0 fully saturated rings. The van der Waals surface area contributed by atoms with Crippen molar-refractivity contribution < 1.29 is 5.11 Å². The molecule has 0 rings (SSSR count). The average molecular weight is 169 g/mol. The second-order valence-corrected chi connectivity index (χ2v) is 2.82. The van der Waals surface area contributed by atoms with E-state index < -0.39 is 0 Å². The summed E-state index contributed by atoms with van der Waals surface area (Å²) in [6.45, 7) is 5.61. The first-order chi connectivity index (χ1) is 5.81. The molecule has 2 nitrogen and oxygen atoms in total. The van der Waals surface area contributed by atoms with Gasteiger partial charge in [-0.1, -0.05) is 6.92 Å². The maximum absolute atomic E-state index is 9.37. The van der Waals surface area contributed by atoms with Gasteiger partial charge in [0, 0.05) is 13.0 Å². The zero-order valence-electron chi connectivity index (χ0n) is 8.06. The van der Waals surface area contributed by atoms with E-state index in [2.05, 4.69) is 24.1 Å². The lowest BCUT2D eigenvalue weighted by molar-refractivity contribution is 0.164. The summed E-state index contributed by atoms with van der Waals surface area (Å²) in [5.74, 6) is 5.74.